The SMILES string of the molecule is COc1ccc(C)cc1NC(=O)[C@@H](C)OC(=O)c1ccc(OC(F)F)c(OC)c1. The van der Waals surface area contributed by atoms with Crippen molar-refractivity contribution in [2.24, 2.45) is 0 Å². The first-order valence-corrected chi connectivity index (χ1v) is 8.54. The summed E-state index contributed by atoms with van der Waals surface area (Å²) in [7, 11) is 2.71. The standard InChI is InChI=1S/C20H21F2NO6/c1-11-5-7-15(26-3)14(9-11)23-18(24)12(2)28-19(25)13-6-8-16(29-20(21)22)17(10-13)27-4/h5-10,12,20H,1-4H3,(H,23,24)/t12-/m1/s1. The first-order valence-electron chi connectivity index (χ1n) is 8.54. The molecular weight excluding hydrogens is 388 g/mol. The minimum Gasteiger partial charge on any atom is -0.495 e. The predicted octanol–water partition coefficient (Wildman–Crippen LogP) is 3.80. The monoisotopic (exact) mass is 409 g/mol. The predicted molar refractivity (Wildman–Crippen MR) is 101 cm³/mol. The summed E-state index contributed by atoms with van der Waals surface area (Å²) in [6.07, 6.45) is -1.13. The fourth-order valence-corrected chi connectivity index (χ4v) is 2.42. The highest BCUT2D eigenvalue weighted by Gasteiger charge is 2.22. The molecule has 2 rings (SSSR count). The van der Waals surface area contributed by atoms with Crippen LogP contribution in [0.25, 0.3) is 0 Å². The lowest BCUT2D eigenvalue weighted by Gasteiger charge is -2.16. The number of carbonyl (C=O) groups excluding carboxylic acids is 2. The van der Waals surface area contributed by atoms with Gasteiger partial charge in [0.15, 0.2) is 17.6 Å². The number of esters is 1. The molecule has 2 aromatic rings. The number of alkyl halides is 2. The second kappa shape index (κ2) is 9.72. The third-order valence-corrected chi connectivity index (χ3v) is 3.88. The molecule has 1 amide bonds. The Morgan fingerprint density at radius 1 is 0.966 bits per heavy atom. The van der Waals surface area contributed by atoms with Gasteiger partial charge in [-0.3, -0.25) is 4.79 Å². The number of aryl methyl sites for hydroxylation is 1. The molecule has 0 heterocycles. The number of ether oxygens (including phenoxy) is 4. The first-order chi connectivity index (χ1) is 13.7. The highest BCUT2D eigenvalue weighted by molar-refractivity contribution is 5.98. The molecule has 0 aliphatic rings. The smallest absolute Gasteiger partial charge is 0.387 e. The highest BCUT2D eigenvalue weighted by Crippen LogP contribution is 2.30. The topological polar surface area (TPSA) is 83.1 Å². The normalized spacial score (nSPS) is 11.6. The summed E-state index contributed by atoms with van der Waals surface area (Å²) in [6, 6.07) is 8.83. The molecule has 0 fully saturated rings. The van der Waals surface area contributed by atoms with Gasteiger partial charge < -0.3 is 24.3 Å². The average molecular weight is 409 g/mol. The van der Waals surface area contributed by atoms with Crippen molar-refractivity contribution in [2.75, 3.05) is 19.5 Å². The Morgan fingerprint density at radius 3 is 2.24 bits per heavy atom. The molecule has 156 valence electrons. The van der Waals surface area contributed by atoms with Crippen LogP contribution in [0.5, 0.6) is 17.2 Å². The van der Waals surface area contributed by atoms with Gasteiger partial charge in [0.05, 0.1) is 25.5 Å². The Morgan fingerprint density at radius 2 is 1.62 bits per heavy atom. The van der Waals surface area contributed by atoms with Gasteiger partial charge in [-0.1, -0.05) is 6.07 Å². The second-order valence-electron chi connectivity index (χ2n) is 5.98. The van der Waals surface area contributed by atoms with Gasteiger partial charge in [0, 0.05) is 0 Å². The van der Waals surface area contributed by atoms with E-state index in [-0.39, 0.29) is 17.1 Å². The Labute approximate surface area is 166 Å². The number of amides is 1. The van der Waals surface area contributed by atoms with E-state index in [2.05, 4.69) is 10.1 Å². The Kier molecular flexibility index (Phi) is 7.35. The van der Waals surface area contributed by atoms with Gasteiger partial charge in [-0.2, -0.15) is 8.78 Å². The van der Waals surface area contributed by atoms with E-state index in [1.165, 1.54) is 33.3 Å². The van der Waals surface area contributed by atoms with E-state index < -0.39 is 24.6 Å². The van der Waals surface area contributed by atoms with Crippen LogP contribution in [0.15, 0.2) is 36.4 Å². The molecule has 2 aromatic carbocycles. The van der Waals surface area contributed by atoms with Crippen molar-refractivity contribution in [2.45, 2.75) is 26.6 Å². The molecule has 0 bridgehead atoms. The molecular formula is C20H21F2NO6. The number of anilines is 1. The molecule has 0 aliphatic carbocycles. The van der Waals surface area contributed by atoms with Gasteiger partial charge >= 0.3 is 12.6 Å². The molecule has 9 heteroatoms. The third kappa shape index (κ3) is 5.81. The van der Waals surface area contributed by atoms with Crippen molar-refractivity contribution in [3.05, 3.63) is 47.5 Å². The summed E-state index contributed by atoms with van der Waals surface area (Å²) in [5, 5.41) is 2.64. The fourth-order valence-electron chi connectivity index (χ4n) is 2.42. The van der Waals surface area contributed by atoms with E-state index in [9.17, 15) is 18.4 Å². The summed E-state index contributed by atoms with van der Waals surface area (Å²) in [5.74, 6) is -1.22. The zero-order valence-electron chi connectivity index (χ0n) is 16.3. The van der Waals surface area contributed by atoms with Crippen LogP contribution in [-0.2, 0) is 9.53 Å². The van der Waals surface area contributed by atoms with E-state index in [1.54, 1.807) is 12.1 Å². The van der Waals surface area contributed by atoms with Gasteiger partial charge in [-0.25, -0.2) is 4.79 Å². The lowest BCUT2D eigenvalue weighted by molar-refractivity contribution is -0.123. The summed E-state index contributed by atoms with van der Waals surface area (Å²) in [6.45, 7) is 0.220. The third-order valence-electron chi connectivity index (χ3n) is 3.88. The maximum Gasteiger partial charge on any atom is 0.387 e. The quantitative estimate of drug-likeness (QED) is 0.668. The van der Waals surface area contributed by atoms with Gasteiger partial charge in [-0.05, 0) is 49.7 Å². The number of benzene rings is 2. The van der Waals surface area contributed by atoms with Crippen LogP contribution < -0.4 is 19.5 Å². The molecule has 1 atom stereocenters. The maximum absolute atomic E-state index is 12.4. The Balaban J connectivity index is 2.08. The number of nitrogens with one attached hydrogen (secondary N) is 1. The number of rotatable bonds is 8. The van der Waals surface area contributed by atoms with Crippen LogP contribution in [0.1, 0.15) is 22.8 Å². The molecule has 0 unspecified atom stereocenters. The van der Waals surface area contributed by atoms with Crippen molar-refractivity contribution < 1.29 is 37.3 Å². The summed E-state index contributed by atoms with van der Waals surface area (Å²) in [4.78, 5) is 24.7. The van der Waals surface area contributed by atoms with Crippen molar-refractivity contribution in [1.82, 2.24) is 0 Å². The highest BCUT2D eigenvalue weighted by atomic mass is 19.3. The zero-order valence-corrected chi connectivity index (χ0v) is 16.3. The fraction of sp³-hybridized carbons (Fsp3) is 0.300. The van der Waals surface area contributed by atoms with E-state index >= 15 is 0 Å². The van der Waals surface area contributed by atoms with Gasteiger partial charge in [0.25, 0.3) is 5.91 Å². The van der Waals surface area contributed by atoms with Gasteiger partial charge in [0.1, 0.15) is 5.75 Å². The van der Waals surface area contributed by atoms with E-state index in [0.717, 1.165) is 11.6 Å². The summed E-state index contributed by atoms with van der Waals surface area (Å²) >= 11 is 0. The van der Waals surface area contributed by atoms with Crippen LogP contribution in [0, 0.1) is 6.92 Å². The van der Waals surface area contributed by atoms with Crippen molar-refractivity contribution >= 4 is 17.6 Å². The molecule has 0 saturated carbocycles. The van der Waals surface area contributed by atoms with Gasteiger partial charge in [-0.15, -0.1) is 0 Å². The molecule has 0 spiro atoms. The van der Waals surface area contributed by atoms with Gasteiger partial charge in [0.2, 0.25) is 0 Å². The second-order valence-corrected chi connectivity index (χ2v) is 5.98. The van der Waals surface area contributed by atoms with Crippen LogP contribution in [0.4, 0.5) is 14.5 Å². The van der Waals surface area contributed by atoms with Crippen LogP contribution in [-0.4, -0.2) is 38.8 Å². The largest absolute Gasteiger partial charge is 0.495 e. The Hall–Kier alpha value is -3.36. The summed E-state index contributed by atoms with van der Waals surface area (Å²) in [5.41, 5.74) is 1.36. The molecule has 0 aromatic heterocycles. The number of hydrogen-bond donors (Lipinski definition) is 1. The Bertz CT molecular complexity index is 887. The van der Waals surface area contributed by atoms with Crippen molar-refractivity contribution in [3.8, 4) is 17.2 Å². The number of halogens is 2. The number of methoxy groups -OCH3 is 2. The van der Waals surface area contributed by atoms with Crippen LogP contribution in [0.2, 0.25) is 0 Å². The minimum atomic E-state index is -3.04. The van der Waals surface area contributed by atoms with Crippen LogP contribution >= 0.6 is 0 Å². The number of hydrogen-bond acceptors (Lipinski definition) is 6. The zero-order chi connectivity index (χ0) is 21.6. The lowest BCUT2D eigenvalue weighted by Crippen LogP contribution is -2.30. The van der Waals surface area contributed by atoms with E-state index in [4.69, 9.17) is 14.2 Å². The molecule has 0 saturated heterocycles. The minimum absolute atomic E-state index is 0.0104. The molecule has 0 radical (unpaired) electrons. The molecule has 7 nitrogen and oxygen atoms in total. The van der Waals surface area contributed by atoms with Crippen LogP contribution in [0.3, 0.4) is 0 Å². The lowest BCUT2D eigenvalue weighted by atomic mass is 10.2. The van der Waals surface area contributed by atoms with Crippen molar-refractivity contribution in [1.29, 1.82) is 0 Å². The maximum atomic E-state index is 12.4. The number of carbonyl (C=O) groups is 2. The van der Waals surface area contributed by atoms with E-state index in [0.29, 0.717) is 11.4 Å². The molecule has 1 N–H and O–H groups in total. The molecule has 29 heavy (non-hydrogen) atoms. The first kappa shape index (κ1) is 21.9. The summed E-state index contributed by atoms with van der Waals surface area (Å²) < 4.78 is 44.4. The van der Waals surface area contributed by atoms with Crippen molar-refractivity contribution in [3.63, 3.8) is 0 Å². The molecule has 0 aliphatic heterocycles. The average Bonchev–Trinajstić information content (AvgIpc) is 2.67. The van der Waals surface area contributed by atoms with E-state index in [1.807, 2.05) is 13.0 Å².